The maximum absolute atomic E-state index is 13.7. The van der Waals surface area contributed by atoms with Gasteiger partial charge in [-0.2, -0.15) is 0 Å². The second-order valence-electron chi connectivity index (χ2n) is 10.9. The highest BCUT2D eigenvalue weighted by atomic mass is 32.2. The lowest BCUT2D eigenvalue weighted by molar-refractivity contribution is -0.116. The monoisotopic (exact) mass is 625 g/mol. The molecule has 46 heavy (non-hydrogen) atoms. The van der Waals surface area contributed by atoms with E-state index >= 15 is 0 Å². The minimum atomic E-state index is -0.548. The molecule has 0 aliphatic rings. The third kappa shape index (κ3) is 8.40. The van der Waals surface area contributed by atoms with Crippen LogP contribution in [-0.2, 0) is 9.59 Å². The molecule has 1 unspecified atom stereocenters. The average Bonchev–Trinajstić information content (AvgIpc) is 3.06. The molecule has 5 aromatic rings. The van der Waals surface area contributed by atoms with E-state index in [-0.39, 0.29) is 17.5 Å². The maximum Gasteiger partial charge on any atom is 0.272 e. The number of hydrogen-bond acceptors (Lipinski definition) is 4. The van der Waals surface area contributed by atoms with Crippen molar-refractivity contribution < 1.29 is 14.4 Å². The molecule has 6 nitrogen and oxygen atoms in total. The minimum Gasteiger partial charge on any atom is -0.324 e. The lowest BCUT2D eigenvalue weighted by Gasteiger charge is -2.19. The summed E-state index contributed by atoms with van der Waals surface area (Å²) in [5.41, 5.74) is 6.53. The van der Waals surface area contributed by atoms with E-state index in [0.717, 1.165) is 38.4 Å². The van der Waals surface area contributed by atoms with E-state index in [1.807, 2.05) is 118 Å². The van der Waals surface area contributed by atoms with Crippen LogP contribution in [-0.4, -0.2) is 17.7 Å². The fourth-order valence-corrected chi connectivity index (χ4v) is 6.04. The van der Waals surface area contributed by atoms with Gasteiger partial charge in [-0.3, -0.25) is 14.4 Å². The van der Waals surface area contributed by atoms with Gasteiger partial charge in [-0.05, 0) is 79.4 Å². The summed E-state index contributed by atoms with van der Waals surface area (Å²) in [5, 5.41) is 8.32. The molecular weight excluding hydrogens is 591 g/mol. The number of carbonyl (C=O) groups is 3. The highest BCUT2D eigenvalue weighted by molar-refractivity contribution is 8.00. The molecule has 5 rings (SSSR count). The zero-order chi connectivity index (χ0) is 32.5. The standard InChI is InChI=1S/C39H35N3O3S/c1-26-13-10-16-29(23-26)24-34(41-37(43)31-19-8-5-9-20-31)38(44)40-32-21-12-22-33(25-32)46-36(30-17-6-4-7-18-30)39(45)42-35-27(2)14-11-15-28(35)3/h4-25,36H,1-3H3,(H,40,44)(H,41,43)(H,42,45)/b34-24+. The number of rotatable bonds is 10. The average molecular weight is 626 g/mol. The molecule has 230 valence electrons. The number of carbonyl (C=O) groups excluding carboxylic acids is 3. The number of anilines is 2. The number of para-hydroxylation sites is 1. The molecule has 0 radical (unpaired) electrons. The molecule has 0 spiro atoms. The van der Waals surface area contributed by atoms with Crippen LogP contribution < -0.4 is 16.0 Å². The van der Waals surface area contributed by atoms with Crippen molar-refractivity contribution in [3.8, 4) is 0 Å². The van der Waals surface area contributed by atoms with Gasteiger partial charge in [0.25, 0.3) is 11.8 Å². The summed E-state index contributed by atoms with van der Waals surface area (Å²) in [5.74, 6) is -1.00. The molecule has 1 atom stereocenters. The van der Waals surface area contributed by atoms with Crippen LogP contribution in [0.5, 0.6) is 0 Å². The van der Waals surface area contributed by atoms with Gasteiger partial charge < -0.3 is 16.0 Å². The number of nitrogens with one attached hydrogen (secondary N) is 3. The molecule has 0 fully saturated rings. The van der Waals surface area contributed by atoms with E-state index in [0.29, 0.717) is 11.3 Å². The summed E-state index contributed by atoms with van der Waals surface area (Å²) in [6, 6.07) is 39.3. The Kier molecular flexibility index (Phi) is 10.5. The second-order valence-corrected chi connectivity index (χ2v) is 12.1. The number of amides is 3. The second kappa shape index (κ2) is 15.1. The fraction of sp³-hybridized carbons (Fsp3) is 0.103. The first-order chi connectivity index (χ1) is 22.3. The Hall–Kier alpha value is -5.40. The van der Waals surface area contributed by atoms with Crippen molar-refractivity contribution in [1.82, 2.24) is 5.32 Å². The van der Waals surface area contributed by atoms with E-state index in [2.05, 4.69) is 16.0 Å². The van der Waals surface area contributed by atoms with Crippen LogP contribution >= 0.6 is 11.8 Å². The molecule has 0 aromatic heterocycles. The molecular formula is C39H35N3O3S. The Morgan fingerprint density at radius 1 is 0.674 bits per heavy atom. The lowest BCUT2D eigenvalue weighted by atomic mass is 10.1. The summed E-state index contributed by atoms with van der Waals surface area (Å²) in [6.45, 7) is 5.92. The fourth-order valence-electron chi connectivity index (χ4n) is 4.95. The minimum absolute atomic E-state index is 0.104. The van der Waals surface area contributed by atoms with Gasteiger partial charge in [0.15, 0.2) is 0 Å². The Labute approximate surface area is 274 Å². The van der Waals surface area contributed by atoms with Gasteiger partial charge in [-0.15, -0.1) is 11.8 Å². The molecule has 0 saturated heterocycles. The van der Waals surface area contributed by atoms with E-state index in [9.17, 15) is 14.4 Å². The summed E-state index contributed by atoms with van der Waals surface area (Å²) >= 11 is 1.39. The summed E-state index contributed by atoms with van der Waals surface area (Å²) in [7, 11) is 0. The number of aryl methyl sites for hydroxylation is 3. The van der Waals surface area contributed by atoms with Crippen molar-refractivity contribution in [2.24, 2.45) is 0 Å². The summed E-state index contributed by atoms with van der Waals surface area (Å²) < 4.78 is 0. The van der Waals surface area contributed by atoms with Crippen LogP contribution in [0, 0.1) is 20.8 Å². The molecule has 0 aliphatic carbocycles. The predicted molar refractivity (Wildman–Crippen MR) is 188 cm³/mol. The molecule has 0 saturated carbocycles. The van der Waals surface area contributed by atoms with Gasteiger partial charge in [0.05, 0.1) is 0 Å². The van der Waals surface area contributed by atoms with E-state index in [1.54, 1.807) is 36.4 Å². The smallest absolute Gasteiger partial charge is 0.272 e. The van der Waals surface area contributed by atoms with Crippen molar-refractivity contribution >= 4 is 46.9 Å². The molecule has 5 aromatic carbocycles. The van der Waals surface area contributed by atoms with Gasteiger partial charge >= 0.3 is 0 Å². The Morgan fingerprint density at radius 3 is 2.02 bits per heavy atom. The SMILES string of the molecule is Cc1cccc(/C=C(/NC(=O)c2ccccc2)C(=O)Nc2cccc(SC(C(=O)Nc3c(C)cccc3C)c3ccccc3)c2)c1. The van der Waals surface area contributed by atoms with Crippen molar-refractivity contribution in [3.05, 3.63) is 166 Å². The number of thioether (sulfide) groups is 1. The summed E-state index contributed by atoms with van der Waals surface area (Å²) in [6.07, 6.45) is 1.66. The Bertz CT molecular complexity index is 1870. The highest BCUT2D eigenvalue weighted by Crippen LogP contribution is 2.37. The van der Waals surface area contributed by atoms with Crippen LogP contribution in [0.3, 0.4) is 0 Å². The molecule has 0 aliphatic heterocycles. The summed E-state index contributed by atoms with van der Waals surface area (Å²) in [4.78, 5) is 41.2. The Balaban J connectivity index is 1.39. The zero-order valence-corrected chi connectivity index (χ0v) is 26.7. The normalized spacial score (nSPS) is 11.8. The maximum atomic E-state index is 13.7. The van der Waals surface area contributed by atoms with Crippen molar-refractivity contribution in [2.45, 2.75) is 30.9 Å². The van der Waals surface area contributed by atoms with Crippen molar-refractivity contribution in [3.63, 3.8) is 0 Å². The number of hydrogen-bond donors (Lipinski definition) is 3. The van der Waals surface area contributed by atoms with E-state index < -0.39 is 11.2 Å². The first-order valence-electron chi connectivity index (χ1n) is 14.9. The zero-order valence-electron chi connectivity index (χ0n) is 25.9. The molecule has 7 heteroatoms. The predicted octanol–water partition coefficient (Wildman–Crippen LogP) is 8.49. The van der Waals surface area contributed by atoms with Crippen LogP contribution in [0.15, 0.2) is 138 Å². The Morgan fingerprint density at radius 2 is 1.33 bits per heavy atom. The van der Waals surface area contributed by atoms with Gasteiger partial charge in [0.2, 0.25) is 5.91 Å². The van der Waals surface area contributed by atoms with Gasteiger partial charge in [-0.25, -0.2) is 0 Å². The van der Waals surface area contributed by atoms with Crippen LogP contribution in [0.25, 0.3) is 6.08 Å². The first-order valence-corrected chi connectivity index (χ1v) is 15.8. The molecule has 0 bridgehead atoms. The van der Waals surface area contributed by atoms with Crippen LogP contribution in [0.2, 0.25) is 0 Å². The van der Waals surface area contributed by atoms with Gasteiger partial charge in [-0.1, -0.05) is 103 Å². The van der Waals surface area contributed by atoms with E-state index in [4.69, 9.17) is 0 Å². The van der Waals surface area contributed by atoms with Crippen LogP contribution in [0.1, 0.15) is 43.4 Å². The molecule has 3 N–H and O–H groups in total. The topological polar surface area (TPSA) is 87.3 Å². The molecule has 0 heterocycles. The first kappa shape index (κ1) is 32.0. The largest absolute Gasteiger partial charge is 0.324 e. The lowest BCUT2D eigenvalue weighted by Crippen LogP contribution is -2.30. The number of benzene rings is 5. The van der Waals surface area contributed by atoms with Crippen LogP contribution in [0.4, 0.5) is 11.4 Å². The third-order valence-corrected chi connectivity index (χ3v) is 8.55. The third-order valence-electron chi connectivity index (χ3n) is 7.30. The van der Waals surface area contributed by atoms with Crippen molar-refractivity contribution in [1.29, 1.82) is 0 Å². The van der Waals surface area contributed by atoms with Crippen molar-refractivity contribution in [2.75, 3.05) is 10.6 Å². The van der Waals surface area contributed by atoms with Gasteiger partial charge in [0.1, 0.15) is 10.9 Å². The van der Waals surface area contributed by atoms with Gasteiger partial charge in [0, 0.05) is 21.8 Å². The highest BCUT2D eigenvalue weighted by Gasteiger charge is 2.24. The molecule has 3 amide bonds. The van der Waals surface area contributed by atoms with E-state index in [1.165, 1.54) is 11.8 Å². The quantitative estimate of drug-likeness (QED) is 0.107.